The number of hydrogen-bond donors (Lipinski definition) is 0. The van der Waals surface area contributed by atoms with Crippen LogP contribution >= 0.6 is 11.6 Å². The first-order chi connectivity index (χ1) is 15.1. The maximum Gasteiger partial charge on any atom is 0.327 e. The minimum atomic E-state index is -0.579. The van der Waals surface area contributed by atoms with Crippen LogP contribution < -0.4 is 9.47 Å². The van der Waals surface area contributed by atoms with Crippen molar-refractivity contribution >= 4 is 23.5 Å². The van der Waals surface area contributed by atoms with E-state index in [1.807, 2.05) is 46.2 Å². The van der Waals surface area contributed by atoms with Gasteiger partial charge in [-0.2, -0.15) is 0 Å². The quantitative estimate of drug-likeness (QED) is 0.638. The fraction of sp³-hybridized carbons (Fsp3) is 0.391. The van der Waals surface area contributed by atoms with E-state index in [1.54, 1.807) is 6.07 Å². The normalized spacial score (nSPS) is 16.8. The van der Waals surface area contributed by atoms with Gasteiger partial charge in [0.1, 0.15) is 6.04 Å². The van der Waals surface area contributed by atoms with Crippen LogP contribution in [0.25, 0.3) is 0 Å². The largest absolute Gasteiger partial charge is 0.468 e. The molecular weight excluding hydrogens is 420 g/mol. The minimum absolute atomic E-state index is 0.102. The van der Waals surface area contributed by atoms with Gasteiger partial charge in [0.15, 0.2) is 11.5 Å². The van der Waals surface area contributed by atoms with Gasteiger partial charge in [-0.15, -0.1) is 0 Å². The van der Waals surface area contributed by atoms with Gasteiger partial charge < -0.3 is 19.1 Å². The molecule has 2 aliphatic heterocycles. The van der Waals surface area contributed by atoms with Crippen LogP contribution in [0.2, 0.25) is 5.02 Å². The summed E-state index contributed by atoms with van der Waals surface area (Å²) in [5.41, 5.74) is 1.76. The number of ether oxygens (including phenoxy) is 3. The molecule has 4 rings (SSSR count). The number of carbonyl (C=O) groups excluding carboxylic acids is 2. The number of hydrogen-bond acceptors (Lipinski definition) is 6. The van der Waals surface area contributed by atoms with Gasteiger partial charge in [-0.05, 0) is 35.7 Å². The lowest BCUT2D eigenvalue weighted by Crippen LogP contribution is -2.51. The Morgan fingerprint density at radius 2 is 1.81 bits per heavy atom. The van der Waals surface area contributed by atoms with Crippen molar-refractivity contribution < 1.29 is 23.8 Å². The van der Waals surface area contributed by atoms with Gasteiger partial charge in [0.2, 0.25) is 12.7 Å². The fourth-order valence-electron chi connectivity index (χ4n) is 4.02. The molecule has 0 aliphatic carbocycles. The highest BCUT2D eigenvalue weighted by Gasteiger charge is 2.33. The number of fused-ring (bicyclic) bond motifs is 1. The molecule has 1 fully saturated rings. The number of carbonyl (C=O) groups is 2. The molecule has 0 aromatic heterocycles. The van der Waals surface area contributed by atoms with E-state index in [9.17, 15) is 9.59 Å². The van der Waals surface area contributed by atoms with E-state index in [-0.39, 0.29) is 18.7 Å². The molecule has 31 heavy (non-hydrogen) atoms. The third-order valence-corrected chi connectivity index (χ3v) is 6.07. The molecule has 1 atom stereocenters. The van der Waals surface area contributed by atoms with Gasteiger partial charge in [-0.25, -0.2) is 4.79 Å². The van der Waals surface area contributed by atoms with E-state index in [0.29, 0.717) is 44.0 Å². The van der Waals surface area contributed by atoms with Gasteiger partial charge in [0, 0.05) is 37.6 Å². The second-order valence-electron chi connectivity index (χ2n) is 7.55. The number of halogens is 1. The van der Waals surface area contributed by atoms with Crippen LogP contribution in [-0.2, 0) is 20.7 Å². The molecule has 0 saturated carbocycles. The van der Waals surface area contributed by atoms with Gasteiger partial charge >= 0.3 is 5.97 Å². The van der Waals surface area contributed by atoms with Crippen molar-refractivity contribution in [1.29, 1.82) is 0 Å². The maximum atomic E-state index is 12.7. The lowest BCUT2D eigenvalue weighted by atomic mass is 10.0. The van der Waals surface area contributed by atoms with E-state index >= 15 is 0 Å². The lowest BCUT2D eigenvalue weighted by molar-refractivity contribution is -0.148. The smallest absolute Gasteiger partial charge is 0.327 e. The van der Waals surface area contributed by atoms with Crippen LogP contribution in [0.4, 0.5) is 0 Å². The van der Waals surface area contributed by atoms with Gasteiger partial charge in [0.05, 0.1) is 7.11 Å². The Bertz CT molecular complexity index is 959. The summed E-state index contributed by atoms with van der Waals surface area (Å²) in [7, 11) is 1.38. The van der Waals surface area contributed by atoms with E-state index in [1.165, 1.54) is 7.11 Å². The Kier molecular flexibility index (Phi) is 6.63. The van der Waals surface area contributed by atoms with Crippen molar-refractivity contribution in [2.45, 2.75) is 18.9 Å². The molecule has 1 saturated heterocycles. The summed E-state index contributed by atoms with van der Waals surface area (Å²) in [4.78, 5) is 29.1. The number of benzene rings is 2. The number of amides is 1. The molecule has 0 radical (unpaired) electrons. The zero-order valence-electron chi connectivity index (χ0n) is 17.4. The summed E-state index contributed by atoms with van der Waals surface area (Å²) < 4.78 is 15.8. The summed E-state index contributed by atoms with van der Waals surface area (Å²) in [6, 6.07) is 12.5. The van der Waals surface area contributed by atoms with Crippen LogP contribution in [-0.4, -0.2) is 61.8 Å². The molecule has 0 N–H and O–H groups in total. The van der Waals surface area contributed by atoms with Gasteiger partial charge in [-0.1, -0.05) is 35.9 Å². The highest BCUT2D eigenvalue weighted by Crippen LogP contribution is 2.33. The van der Waals surface area contributed by atoms with E-state index in [0.717, 1.165) is 22.6 Å². The number of esters is 1. The summed E-state index contributed by atoms with van der Waals surface area (Å²) in [6.45, 7) is 2.49. The van der Waals surface area contributed by atoms with Crippen LogP contribution in [0.3, 0.4) is 0 Å². The number of rotatable bonds is 6. The Balaban J connectivity index is 1.34. The number of piperazine rings is 1. The number of aryl methyl sites for hydroxylation is 1. The van der Waals surface area contributed by atoms with Gasteiger partial charge in [-0.3, -0.25) is 9.69 Å². The molecule has 2 heterocycles. The first-order valence-corrected chi connectivity index (χ1v) is 10.7. The van der Waals surface area contributed by atoms with Crippen LogP contribution in [0, 0.1) is 0 Å². The molecule has 0 spiro atoms. The first kappa shape index (κ1) is 21.5. The first-order valence-electron chi connectivity index (χ1n) is 10.3. The monoisotopic (exact) mass is 444 g/mol. The molecule has 1 amide bonds. The van der Waals surface area contributed by atoms with Crippen molar-refractivity contribution in [1.82, 2.24) is 9.80 Å². The predicted molar refractivity (Wildman–Crippen MR) is 115 cm³/mol. The second kappa shape index (κ2) is 9.58. The average molecular weight is 445 g/mol. The highest BCUT2D eigenvalue weighted by atomic mass is 35.5. The molecule has 2 aliphatic rings. The number of nitrogens with zero attached hydrogens (tertiary/aromatic N) is 2. The van der Waals surface area contributed by atoms with Gasteiger partial charge in [0.25, 0.3) is 0 Å². The topological polar surface area (TPSA) is 68.3 Å². The molecule has 0 unspecified atom stereocenters. The minimum Gasteiger partial charge on any atom is -0.468 e. The maximum absolute atomic E-state index is 12.7. The summed E-state index contributed by atoms with van der Waals surface area (Å²) in [5.74, 6) is 1.22. The second-order valence-corrected chi connectivity index (χ2v) is 7.96. The van der Waals surface area contributed by atoms with E-state index < -0.39 is 6.04 Å². The van der Waals surface area contributed by atoms with E-state index in [2.05, 4.69) is 0 Å². The average Bonchev–Trinajstić information content (AvgIpc) is 3.27. The van der Waals surface area contributed by atoms with Crippen LogP contribution in [0.1, 0.15) is 23.6 Å². The third kappa shape index (κ3) is 4.78. The Morgan fingerprint density at radius 1 is 1.06 bits per heavy atom. The van der Waals surface area contributed by atoms with Crippen molar-refractivity contribution in [3.8, 4) is 11.5 Å². The molecule has 164 valence electrons. The third-order valence-electron chi connectivity index (χ3n) is 5.72. The number of methoxy groups -OCH3 is 1. The zero-order valence-corrected chi connectivity index (χ0v) is 18.1. The SMILES string of the molecule is COC(=O)[C@H](c1ccccc1Cl)N1CCN(C(=O)CCc2ccc3c(c2)OCO3)CC1. The molecule has 7 nitrogen and oxygen atoms in total. The molecule has 2 aromatic carbocycles. The Labute approximate surface area is 186 Å². The molecule has 2 aromatic rings. The highest BCUT2D eigenvalue weighted by molar-refractivity contribution is 6.31. The molecule has 8 heteroatoms. The van der Waals surface area contributed by atoms with Crippen LogP contribution in [0.15, 0.2) is 42.5 Å². The zero-order chi connectivity index (χ0) is 21.8. The molecular formula is C23H25ClN2O5. The fourth-order valence-corrected chi connectivity index (χ4v) is 4.26. The Hall–Kier alpha value is -2.77. The van der Waals surface area contributed by atoms with Crippen molar-refractivity contribution in [3.05, 3.63) is 58.6 Å². The Morgan fingerprint density at radius 3 is 2.55 bits per heavy atom. The van der Waals surface area contributed by atoms with Crippen molar-refractivity contribution in [3.63, 3.8) is 0 Å². The predicted octanol–water partition coefficient (Wildman–Crippen LogP) is 3.06. The van der Waals surface area contributed by atoms with Crippen molar-refractivity contribution in [2.24, 2.45) is 0 Å². The molecule has 0 bridgehead atoms. The summed E-state index contributed by atoms with van der Waals surface area (Å²) in [5, 5.41) is 0.528. The van der Waals surface area contributed by atoms with E-state index in [4.69, 9.17) is 25.8 Å². The lowest BCUT2D eigenvalue weighted by Gasteiger charge is -2.38. The summed E-state index contributed by atoms with van der Waals surface area (Å²) >= 11 is 6.34. The van der Waals surface area contributed by atoms with Crippen molar-refractivity contribution in [2.75, 3.05) is 40.1 Å². The summed E-state index contributed by atoms with van der Waals surface area (Å²) in [6.07, 6.45) is 1.06. The standard InChI is InChI=1S/C23H25ClN2O5/c1-29-23(28)22(17-4-2-3-5-18(17)24)26-12-10-25(11-13-26)21(27)9-7-16-6-8-19-20(14-16)31-15-30-19/h2-6,8,14,22H,7,9-13,15H2,1H3/t22-/m0/s1. The van der Waals surface area contributed by atoms with Crippen LogP contribution in [0.5, 0.6) is 11.5 Å².